The molecule has 2 heterocycles. The molecule has 0 unspecified atom stereocenters. The number of hydrogen-bond donors (Lipinski definition) is 1. The molecule has 0 bridgehead atoms. The van der Waals surface area contributed by atoms with E-state index in [2.05, 4.69) is 6.58 Å². The lowest BCUT2D eigenvalue weighted by atomic mass is 10.0. The number of aromatic nitrogens is 1. The normalized spacial score (nSPS) is 10.7. The fraction of sp³-hybridized carbons (Fsp3) is 0.150. The molecule has 0 spiro atoms. The van der Waals surface area contributed by atoms with Crippen molar-refractivity contribution in [2.24, 2.45) is 0 Å². The van der Waals surface area contributed by atoms with Gasteiger partial charge in [0.25, 0.3) is 5.56 Å². The molecular formula is C20H15ClN2O3S. The molecule has 3 aromatic rings. The van der Waals surface area contributed by atoms with Crippen molar-refractivity contribution in [1.82, 2.24) is 4.57 Å². The minimum atomic E-state index is -0.665. The summed E-state index contributed by atoms with van der Waals surface area (Å²) < 4.78 is 1.80. The molecule has 5 nitrogen and oxygen atoms in total. The van der Waals surface area contributed by atoms with Crippen LogP contribution in [-0.2, 0) is 6.54 Å². The maximum absolute atomic E-state index is 13.2. The number of nitrogens with zero attached hydrogens (tertiary/aromatic N) is 2. The first-order valence-corrected chi connectivity index (χ1v) is 9.22. The lowest BCUT2D eigenvalue weighted by Gasteiger charge is -2.14. The van der Waals surface area contributed by atoms with Crippen molar-refractivity contribution in [3.63, 3.8) is 0 Å². The van der Waals surface area contributed by atoms with Crippen LogP contribution in [0.4, 0.5) is 0 Å². The Morgan fingerprint density at radius 2 is 2.15 bits per heavy atom. The molecule has 1 N–H and O–H groups in total. The first-order valence-electron chi connectivity index (χ1n) is 8.02. The lowest BCUT2D eigenvalue weighted by molar-refractivity contribution is 0.103. The summed E-state index contributed by atoms with van der Waals surface area (Å²) in [7, 11) is 0. The Hall–Kier alpha value is -2.88. The van der Waals surface area contributed by atoms with Crippen LogP contribution < -0.4 is 5.56 Å². The number of rotatable bonds is 4. The van der Waals surface area contributed by atoms with Gasteiger partial charge in [-0.1, -0.05) is 29.8 Å². The SMILES string of the molecule is C=CCn1c(O)c(C(=O)c2sc3cc(C)ccc3c2Cl)c(C)c(C#N)c1=O. The summed E-state index contributed by atoms with van der Waals surface area (Å²) in [5, 5.41) is 21.0. The van der Waals surface area contributed by atoms with E-state index in [9.17, 15) is 20.0 Å². The van der Waals surface area contributed by atoms with Crippen LogP contribution in [0.2, 0.25) is 5.02 Å². The van der Waals surface area contributed by atoms with Crippen LogP contribution in [0.5, 0.6) is 5.88 Å². The van der Waals surface area contributed by atoms with Crippen molar-refractivity contribution in [3.8, 4) is 11.9 Å². The number of ketones is 1. The topological polar surface area (TPSA) is 83.1 Å². The fourth-order valence-corrected chi connectivity index (χ4v) is 4.51. The largest absolute Gasteiger partial charge is 0.494 e. The van der Waals surface area contributed by atoms with E-state index in [1.165, 1.54) is 24.3 Å². The van der Waals surface area contributed by atoms with Gasteiger partial charge in [-0.2, -0.15) is 5.26 Å². The highest BCUT2D eigenvalue weighted by atomic mass is 35.5. The number of nitriles is 1. The third kappa shape index (κ3) is 2.95. The van der Waals surface area contributed by atoms with Crippen LogP contribution >= 0.6 is 22.9 Å². The Morgan fingerprint density at radius 3 is 2.78 bits per heavy atom. The van der Waals surface area contributed by atoms with E-state index in [-0.39, 0.29) is 28.1 Å². The van der Waals surface area contributed by atoms with Gasteiger partial charge in [-0.3, -0.25) is 14.2 Å². The van der Waals surface area contributed by atoms with Crippen LogP contribution in [0.1, 0.15) is 31.9 Å². The number of fused-ring (bicyclic) bond motifs is 1. The number of carbonyl (C=O) groups is 1. The second-order valence-electron chi connectivity index (χ2n) is 6.09. The molecule has 2 aromatic heterocycles. The molecule has 0 atom stereocenters. The number of benzene rings is 1. The number of thiophene rings is 1. The number of pyridine rings is 1. The monoisotopic (exact) mass is 398 g/mol. The highest BCUT2D eigenvalue weighted by Crippen LogP contribution is 2.38. The quantitative estimate of drug-likeness (QED) is 0.523. The van der Waals surface area contributed by atoms with Gasteiger partial charge >= 0.3 is 0 Å². The number of aryl methyl sites for hydroxylation is 1. The first-order chi connectivity index (χ1) is 12.8. The van der Waals surface area contributed by atoms with Gasteiger partial charge in [0.05, 0.1) is 15.5 Å². The molecule has 136 valence electrons. The van der Waals surface area contributed by atoms with E-state index in [0.29, 0.717) is 5.02 Å². The number of hydrogen-bond acceptors (Lipinski definition) is 5. The van der Waals surface area contributed by atoms with Crippen LogP contribution in [0.15, 0.2) is 35.6 Å². The van der Waals surface area contributed by atoms with Gasteiger partial charge in [0.1, 0.15) is 11.6 Å². The van der Waals surface area contributed by atoms with Crippen molar-refractivity contribution in [2.75, 3.05) is 0 Å². The van der Waals surface area contributed by atoms with Crippen LogP contribution in [-0.4, -0.2) is 15.5 Å². The van der Waals surface area contributed by atoms with Gasteiger partial charge in [-0.15, -0.1) is 17.9 Å². The zero-order valence-electron chi connectivity index (χ0n) is 14.7. The van der Waals surface area contributed by atoms with E-state index < -0.39 is 17.2 Å². The summed E-state index contributed by atoms with van der Waals surface area (Å²) in [5.41, 5.74) is 0.214. The van der Waals surface area contributed by atoms with Crippen LogP contribution in [0, 0.1) is 25.2 Å². The molecule has 0 saturated carbocycles. The number of allylic oxidation sites excluding steroid dienone is 1. The predicted molar refractivity (Wildman–Crippen MR) is 107 cm³/mol. The molecule has 0 aliphatic rings. The minimum Gasteiger partial charge on any atom is -0.494 e. The summed E-state index contributed by atoms with van der Waals surface area (Å²) in [6, 6.07) is 7.49. The average Bonchev–Trinajstić information content (AvgIpc) is 2.95. The van der Waals surface area contributed by atoms with E-state index in [1.807, 2.05) is 31.2 Å². The highest BCUT2D eigenvalue weighted by Gasteiger charge is 2.27. The molecule has 0 fully saturated rings. The molecular weight excluding hydrogens is 384 g/mol. The van der Waals surface area contributed by atoms with E-state index in [4.69, 9.17) is 11.6 Å². The molecule has 0 radical (unpaired) electrons. The van der Waals surface area contributed by atoms with Crippen molar-refractivity contribution < 1.29 is 9.90 Å². The van der Waals surface area contributed by atoms with Crippen molar-refractivity contribution in [2.45, 2.75) is 20.4 Å². The van der Waals surface area contributed by atoms with Gasteiger partial charge in [0, 0.05) is 16.6 Å². The third-order valence-corrected chi connectivity index (χ3v) is 5.99. The van der Waals surface area contributed by atoms with Gasteiger partial charge in [0.2, 0.25) is 11.7 Å². The molecule has 0 aliphatic carbocycles. The molecule has 1 aromatic carbocycles. The molecule has 0 saturated heterocycles. The van der Waals surface area contributed by atoms with E-state index in [0.717, 1.165) is 20.2 Å². The molecule has 27 heavy (non-hydrogen) atoms. The molecule has 7 heteroatoms. The zero-order chi connectivity index (χ0) is 19.9. The second-order valence-corrected chi connectivity index (χ2v) is 7.52. The summed E-state index contributed by atoms with van der Waals surface area (Å²) in [4.78, 5) is 25.9. The number of carbonyl (C=O) groups excluding carboxylic acids is 1. The Balaban J connectivity index is 2.31. The van der Waals surface area contributed by atoms with Gasteiger partial charge < -0.3 is 5.11 Å². The minimum absolute atomic E-state index is 0.0285. The summed E-state index contributed by atoms with van der Waals surface area (Å²) in [6.07, 6.45) is 1.40. The highest BCUT2D eigenvalue weighted by molar-refractivity contribution is 7.21. The number of aromatic hydroxyl groups is 1. The Morgan fingerprint density at radius 1 is 1.44 bits per heavy atom. The van der Waals surface area contributed by atoms with Crippen molar-refractivity contribution in [3.05, 3.63) is 73.4 Å². The smallest absolute Gasteiger partial charge is 0.271 e. The van der Waals surface area contributed by atoms with Gasteiger partial charge in [-0.05, 0) is 31.0 Å². The van der Waals surface area contributed by atoms with Crippen molar-refractivity contribution in [1.29, 1.82) is 5.26 Å². The summed E-state index contributed by atoms with van der Waals surface area (Å²) >= 11 is 7.64. The lowest BCUT2D eigenvalue weighted by Crippen LogP contribution is -2.26. The van der Waals surface area contributed by atoms with Gasteiger partial charge in [0.15, 0.2) is 0 Å². The summed E-state index contributed by atoms with van der Waals surface area (Å²) in [5.74, 6) is -1.02. The Kier molecular flexibility index (Phi) is 4.92. The van der Waals surface area contributed by atoms with Crippen LogP contribution in [0.3, 0.4) is 0 Å². The van der Waals surface area contributed by atoms with E-state index in [1.54, 1.807) is 0 Å². The zero-order valence-corrected chi connectivity index (χ0v) is 16.2. The number of halogens is 1. The standard InChI is InChI=1S/C20H15ClN2O3S/c1-4-7-23-19(25)13(9-22)11(3)15(20(23)26)17(24)18-16(21)12-6-5-10(2)8-14(12)27-18/h4-6,8,26H,1,7H2,2-3H3. The average molecular weight is 399 g/mol. The van der Waals surface area contributed by atoms with E-state index >= 15 is 0 Å². The maximum atomic E-state index is 13.2. The maximum Gasteiger partial charge on any atom is 0.271 e. The predicted octanol–water partition coefficient (Wildman–Crippen LogP) is 4.33. The summed E-state index contributed by atoms with van der Waals surface area (Å²) in [6.45, 7) is 6.92. The van der Waals surface area contributed by atoms with Gasteiger partial charge in [-0.25, -0.2) is 0 Å². The molecule has 3 rings (SSSR count). The second kappa shape index (κ2) is 7.03. The molecule has 0 aliphatic heterocycles. The molecule has 0 amide bonds. The Labute approximate surface area is 164 Å². The first kappa shape index (κ1) is 18.9. The van der Waals surface area contributed by atoms with Crippen molar-refractivity contribution >= 4 is 38.8 Å². The Bertz CT molecular complexity index is 1210. The fourth-order valence-electron chi connectivity index (χ4n) is 2.95. The third-order valence-electron chi connectivity index (χ3n) is 4.33. The van der Waals surface area contributed by atoms with Crippen LogP contribution in [0.25, 0.3) is 10.1 Å².